The summed E-state index contributed by atoms with van der Waals surface area (Å²) in [6.45, 7) is 8.93. The standard InChI is InChI=1S/C21H21N5O2S2/c1-4-7-26-13(2)10-16(14(26)3)17-11-30-21(23-17)24-18(27)5-8-25-12-22-19-15(20(25)28)6-9-29-19/h4,6,9-12H,1,5,7-8H2,2-3H3,(H,23,24,27). The Balaban J connectivity index is 1.43. The van der Waals surface area contributed by atoms with E-state index in [-0.39, 0.29) is 24.4 Å². The molecule has 1 amide bonds. The minimum Gasteiger partial charge on any atom is -0.345 e. The van der Waals surface area contributed by atoms with E-state index < -0.39 is 0 Å². The van der Waals surface area contributed by atoms with Crippen molar-refractivity contribution in [2.45, 2.75) is 33.4 Å². The maximum Gasteiger partial charge on any atom is 0.262 e. The van der Waals surface area contributed by atoms with Crippen molar-refractivity contribution in [2.24, 2.45) is 0 Å². The molecule has 0 bridgehead atoms. The highest BCUT2D eigenvalue weighted by molar-refractivity contribution is 7.16. The molecule has 0 spiro atoms. The van der Waals surface area contributed by atoms with Gasteiger partial charge in [-0.25, -0.2) is 9.97 Å². The van der Waals surface area contributed by atoms with Gasteiger partial charge >= 0.3 is 0 Å². The molecule has 0 radical (unpaired) electrons. The van der Waals surface area contributed by atoms with Gasteiger partial charge in [0.1, 0.15) is 4.83 Å². The van der Waals surface area contributed by atoms with Crippen LogP contribution in [-0.2, 0) is 17.9 Å². The first kappa shape index (κ1) is 20.2. The zero-order valence-electron chi connectivity index (χ0n) is 16.7. The first-order chi connectivity index (χ1) is 14.5. The van der Waals surface area contributed by atoms with Gasteiger partial charge in [0.05, 0.1) is 17.4 Å². The van der Waals surface area contributed by atoms with Crippen LogP contribution in [0.3, 0.4) is 0 Å². The van der Waals surface area contributed by atoms with E-state index in [0.717, 1.165) is 29.2 Å². The fourth-order valence-corrected chi connectivity index (χ4v) is 4.83. The molecule has 4 aromatic rings. The maximum atomic E-state index is 12.4. The van der Waals surface area contributed by atoms with Crippen LogP contribution in [0.25, 0.3) is 21.5 Å². The Morgan fingerprint density at radius 1 is 1.33 bits per heavy atom. The number of anilines is 1. The third-order valence-corrected chi connectivity index (χ3v) is 6.52. The molecule has 9 heteroatoms. The van der Waals surface area contributed by atoms with E-state index in [1.54, 1.807) is 6.07 Å². The summed E-state index contributed by atoms with van der Waals surface area (Å²) in [5.74, 6) is -0.189. The molecule has 0 atom stereocenters. The molecule has 4 heterocycles. The van der Waals surface area contributed by atoms with Crippen LogP contribution in [0.15, 0.2) is 46.7 Å². The molecule has 0 aliphatic carbocycles. The van der Waals surface area contributed by atoms with Crippen LogP contribution in [0.1, 0.15) is 17.8 Å². The number of carbonyl (C=O) groups excluding carboxylic acids is 1. The highest BCUT2D eigenvalue weighted by Gasteiger charge is 2.14. The molecule has 30 heavy (non-hydrogen) atoms. The summed E-state index contributed by atoms with van der Waals surface area (Å²) in [4.78, 5) is 34.3. The average Bonchev–Trinajstić information content (AvgIpc) is 3.44. The molecule has 0 aliphatic heterocycles. The van der Waals surface area contributed by atoms with Gasteiger partial charge in [-0.3, -0.25) is 14.2 Å². The Bertz CT molecular complexity index is 1290. The monoisotopic (exact) mass is 439 g/mol. The van der Waals surface area contributed by atoms with E-state index in [4.69, 9.17) is 0 Å². The number of thiophene rings is 1. The SMILES string of the molecule is C=CCn1c(C)cc(-c2csc(NC(=O)CCn3cnc4sccc4c3=O)n2)c1C. The molecular formula is C21H21N5O2S2. The lowest BCUT2D eigenvalue weighted by Crippen LogP contribution is -2.23. The van der Waals surface area contributed by atoms with Crippen LogP contribution in [0.4, 0.5) is 5.13 Å². The average molecular weight is 440 g/mol. The van der Waals surface area contributed by atoms with Gasteiger partial charge in [-0.1, -0.05) is 6.08 Å². The second-order valence-electron chi connectivity index (χ2n) is 6.90. The van der Waals surface area contributed by atoms with Crippen LogP contribution in [0, 0.1) is 13.8 Å². The number of rotatable bonds is 7. The molecule has 0 saturated heterocycles. The normalized spacial score (nSPS) is 11.1. The molecule has 1 N–H and O–H groups in total. The van der Waals surface area contributed by atoms with Crippen molar-refractivity contribution < 1.29 is 4.79 Å². The lowest BCUT2D eigenvalue weighted by molar-refractivity contribution is -0.116. The summed E-state index contributed by atoms with van der Waals surface area (Å²) in [5, 5.41) is 7.74. The number of nitrogens with zero attached hydrogens (tertiary/aromatic N) is 4. The summed E-state index contributed by atoms with van der Waals surface area (Å²) < 4.78 is 3.65. The van der Waals surface area contributed by atoms with E-state index in [9.17, 15) is 9.59 Å². The Morgan fingerprint density at radius 2 is 2.17 bits per heavy atom. The molecule has 0 saturated carbocycles. The van der Waals surface area contributed by atoms with E-state index in [1.807, 2.05) is 16.8 Å². The Morgan fingerprint density at radius 3 is 2.97 bits per heavy atom. The van der Waals surface area contributed by atoms with E-state index in [0.29, 0.717) is 15.3 Å². The third-order valence-electron chi connectivity index (χ3n) is 4.94. The first-order valence-electron chi connectivity index (χ1n) is 9.44. The topological polar surface area (TPSA) is 81.8 Å². The van der Waals surface area contributed by atoms with E-state index >= 15 is 0 Å². The van der Waals surface area contributed by atoms with Crippen molar-refractivity contribution in [1.29, 1.82) is 0 Å². The molecule has 7 nitrogen and oxygen atoms in total. The number of thiazole rings is 1. The first-order valence-corrected chi connectivity index (χ1v) is 11.2. The molecule has 154 valence electrons. The quantitative estimate of drug-likeness (QED) is 0.437. The number of hydrogen-bond donors (Lipinski definition) is 1. The van der Waals surface area contributed by atoms with Gasteiger partial charge in [0.25, 0.3) is 5.56 Å². The summed E-state index contributed by atoms with van der Waals surface area (Å²) in [5.41, 5.74) is 4.02. The summed E-state index contributed by atoms with van der Waals surface area (Å²) in [7, 11) is 0. The third kappa shape index (κ3) is 3.86. The fraction of sp³-hybridized carbons (Fsp3) is 0.238. The summed E-state index contributed by atoms with van der Waals surface area (Å²) >= 11 is 2.81. The molecule has 4 aromatic heterocycles. The minimum absolute atomic E-state index is 0.125. The van der Waals surface area contributed by atoms with Crippen LogP contribution >= 0.6 is 22.7 Å². The maximum absolute atomic E-state index is 12.4. The van der Waals surface area contributed by atoms with Crippen molar-refractivity contribution in [2.75, 3.05) is 5.32 Å². The molecule has 0 aliphatic rings. The molecule has 0 fully saturated rings. The van der Waals surface area contributed by atoms with Gasteiger partial charge in [-0.2, -0.15) is 0 Å². The molecule has 0 aromatic carbocycles. The Hall–Kier alpha value is -3.04. The number of aromatic nitrogens is 4. The van der Waals surface area contributed by atoms with Crippen LogP contribution in [0.5, 0.6) is 0 Å². The Labute approximate surface area is 181 Å². The number of allylic oxidation sites excluding steroid dienone is 1. The zero-order valence-corrected chi connectivity index (χ0v) is 18.3. The molecular weight excluding hydrogens is 418 g/mol. The predicted molar refractivity (Wildman–Crippen MR) is 122 cm³/mol. The fourth-order valence-electron chi connectivity index (χ4n) is 3.38. The van der Waals surface area contributed by atoms with Crippen molar-refractivity contribution in [1.82, 2.24) is 19.1 Å². The van der Waals surface area contributed by atoms with Crippen molar-refractivity contribution >= 4 is 43.9 Å². The van der Waals surface area contributed by atoms with Gasteiger partial charge in [0.2, 0.25) is 5.91 Å². The van der Waals surface area contributed by atoms with Gasteiger partial charge in [0, 0.05) is 41.8 Å². The number of carbonyl (C=O) groups is 1. The van der Waals surface area contributed by atoms with Gasteiger partial charge < -0.3 is 9.88 Å². The number of aryl methyl sites for hydroxylation is 2. The van der Waals surface area contributed by atoms with E-state index in [1.165, 1.54) is 33.6 Å². The summed E-state index contributed by atoms with van der Waals surface area (Å²) in [6, 6.07) is 3.86. The van der Waals surface area contributed by atoms with Crippen molar-refractivity contribution in [3.8, 4) is 11.3 Å². The van der Waals surface area contributed by atoms with Crippen molar-refractivity contribution in [3.05, 3.63) is 63.6 Å². The molecule has 0 unspecified atom stereocenters. The highest BCUT2D eigenvalue weighted by Crippen LogP contribution is 2.30. The largest absolute Gasteiger partial charge is 0.345 e. The van der Waals surface area contributed by atoms with Gasteiger partial charge in [-0.15, -0.1) is 29.3 Å². The summed E-state index contributed by atoms with van der Waals surface area (Å²) in [6.07, 6.45) is 3.53. The van der Waals surface area contributed by atoms with Crippen LogP contribution < -0.4 is 10.9 Å². The van der Waals surface area contributed by atoms with E-state index in [2.05, 4.69) is 46.3 Å². The number of hydrogen-bond acceptors (Lipinski definition) is 6. The number of amides is 1. The van der Waals surface area contributed by atoms with Gasteiger partial charge in [0.15, 0.2) is 5.13 Å². The minimum atomic E-state index is -0.189. The lowest BCUT2D eigenvalue weighted by Gasteiger charge is -2.06. The second-order valence-corrected chi connectivity index (χ2v) is 8.66. The molecule has 4 rings (SSSR count). The van der Waals surface area contributed by atoms with Crippen LogP contribution in [0.2, 0.25) is 0 Å². The second kappa shape index (κ2) is 8.37. The predicted octanol–water partition coefficient (Wildman–Crippen LogP) is 4.21. The smallest absolute Gasteiger partial charge is 0.262 e. The van der Waals surface area contributed by atoms with Crippen LogP contribution in [-0.4, -0.2) is 25.0 Å². The number of fused-ring (bicyclic) bond motifs is 1. The van der Waals surface area contributed by atoms with Gasteiger partial charge in [-0.05, 0) is 31.4 Å². The van der Waals surface area contributed by atoms with Crippen molar-refractivity contribution in [3.63, 3.8) is 0 Å². The lowest BCUT2D eigenvalue weighted by atomic mass is 10.2. The Kier molecular flexibility index (Phi) is 5.65. The zero-order chi connectivity index (χ0) is 21.3. The number of nitrogens with one attached hydrogen (secondary N) is 1. The highest BCUT2D eigenvalue weighted by atomic mass is 32.1.